The Morgan fingerprint density at radius 2 is 2.36 bits per heavy atom. The average molecular weight is 207 g/mol. The summed E-state index contributed by atoms with van der Waals surface area (Å²) in [6.07, 6.45) is 2.00. The van der Waals surface area contributed by atoms with Crippen molar-refractivity contribution >= 4 is 11.3 Å². The second-order valence-corrected chi connectivity index (χ2v) is 4.51. The molecule has 0 spiro atoms. The third kappa shape index (κ3) is 2.01. The highest BCUT2D eigenvalue weighted by Crippen LogP contribution is 2.18. The smallest absolute Gasteiger partial charge is 0.113 e. The maximum absolute atomic E-state index is 4.13. The summed E-state index contributed by atoms with van der Waals surface area (Å²) in [7, 11) is 0. The third-order valence-corrected chi connectivity index (χ3v) is 2.59. The van der Waals surface area contributed by atoms with Gasteiger partial charge in [-0.15, -0.1) is 5.10 Å². The molecular weight excluding hydrogens is 194 g/mol. The second-order valence-electron chi connectivity index (χ2n) is 3.73. The van der Waals surface area contributed by atoms with Crippen LogP contribution in [-0.4, -0.2) is 15.0 Å². The number of thiophene rings is 1. The summed E-state index contributed by atoms with van der Waals surface area (Å²) in [4.78, 5) is 0. The van der Waals surface area contributed by atoms with E-state index in [9.17, 15) is 0 Å². The van der Waals surface area contributed by atoms with Crippen molar-refractivity contribution < 1.29 is 0 Å². The first-order chi connectivity index (χ1) is 6.75. The van der Waals surface area contributed by atoms with Crippen LogP contribution >= 0.6 is 11.3 Å². The molecule has 0 aliphatic rings. The summed E-state index contributed by atoms with van der Waals surface area (Å²) in [6.45, 7) is 5.27. The summed E-state index contributed by atoms with van der Waals surface area (Å²) >= 11 is 1.68. The summed E-state index contributed by atoms with van der Waals surface area (Å²) in [5, 5.41) is 12.4. The van der Waals surface area contributed by atoms with Crippen LogP contribution in [0.4, 0.5) is 0 Å². The molecule has 0 aromatic carbocycles. The lowest BCUT2D eigenvalue weighted by Gasteiger charge is -2.01. The Morgan fingerprint density at radius 1 is 1.50 bits per heavy atom. The van der Waals surface area contributed by atoms with E-state index in [1.165, 1.54) is 0 Å². The Balaban J connectivity index is 2.18. The number of hydrogen-bond acceptors (Lipinski definition) is 3. The van der Waals surface area contributed by atoms with E-state index < -0.39 is 0 Å². The van der Waals surface area contributed by atoms with Gasteiger partial charge in [0.25, 0.3) is 0 Å². The Hall–Kier alpha value is -1.16. The predicted molar refractivity (Wildman–Crippen MR) is 58.2 cm³/mol. The van der Waals surface area contributed by atoms with E-state index in [0.717, 1.165) is 17.8 Å². The topological polar surface area (TPSA) is 30.7 Å². The van der Waals surface area contributed by atoms with E-state index >= 15 is 0 Å². The van der Waals surface area contributed by atoms with Crippen molar-refractivity contribution in [1.29, 1.82) is 0 Å². The lowest BCUT2D eigenvalue weighted by Crippen LogP contribution is -2.04. The zero-order valence-corrected chi connectivity index (χ0v) is 9.16. The molecule has 0 unspecified atom stereocenters. The Kier molecular flexibility index (Phi) is 2.63. The van der Waals surface area contributed by atoms with Crippen molar-refractivity contribution in [3.63, 3.8) is 0 Å². The molecule has 0 radical (unpaired) electrons. The highest BCUT2D eigenvalue weighted by molar-refractivity contribution is 7.08. The van der Waals surface area contributed by atoms with Crippen LogP contribution in [0.1, 0.15) is 13.8 Å². The monoisotopic (exact) mass is 207 g/mol. The van der Waals surface area contributed by atoms with Crippen molar-refractivity contribution in [3.8, 4) is 11.3 Å². The molecule has 2 aromatic rings. The predicted octanol–water partition coefficient (Wildman–Crippen LogP) is 2.66. The lowest BCUT2D eigenvalue weighted by molar-refractivity contribution is 0.472. The van der Waals surface area contributed by atoms with Gasteiger partial charge in [-0.05, 0) is 17.4 Å². The molecule has 0 aliphatic heterocycles. The highest BCUT2D eigenvalue weighted by Gasteiger charge is 2.04. The van der Waals surface area contributed by atoms with Crippen molar-refractivity contribution in [3.05, 3.63) is 23.0 Å². The molecule has 0 saturated heterocycles. The molecule has 0 N–H and O–H groups in total. The normalized spacial score (nSPS) is 11.1. The Labute approximate surface area is 87.4 Å². The zero-order chi connectivity index (χ0) is 9.97. The van der Waals surface area contributed by atoms with Crippen molar-refractivity contribution in [2.75, 3.05) is 0 Å². The first-order valence-corrected chi connectivity index (χ1v) is 5.62. The van der Waals surface area contributed by atoms with Crippen LogP contribution in [0.2, 0.25) is 0 Å². The van der Waals surface area contributed by atoms with E-state index in [1.54, 1.807) is 11.3 Å². The first kappa shape index (κ1) is 9.40. The molecule has 0 fully saturated rings. The van der Waals surface area contributed by atoms with Gasteiger partial charge in [-0.3, -0.25) is 4.68 Å². The molecule has 74 valence electrons. The number of nitrogens with zero attached hydrogens (tertiary/aromatic N) is 3. The van der Waals surface area contributed by atoms with Gasteiger partial charge in [-0.1, -0.05) is 19.1 Å². The summed E-state index contributed by atoms with van der Waals surface area (Å²) in [5.74, 6) is 0.604. The van der Waals surface area contributed by atoms with Gasteiger partial charge in [0.05, 0.1) is 6.20 Å². The summed E-state index contributed by atoms with van der Waals surface area (Å²) in [6, 6.07) is 2.06. The van der Waals surface area contributed by atoms with Crippen LogP contribution in [0.25, 0.3) is 11.3 Å². The fraction of sp³-hybridized carbons (Fsp3) is 0.400. The van der Waals surface area contributed by atoms with Gasteiger partial charge in [0.1, 0.15) is 5.69 Å². The number of rotatable bonds is 3. The first-order valence-electron chi connectivity index (χ1n) is 4.68. The van der Waals surface area contributed by atoms with Crippen LogP contribution in [0.15, 0.2) is 23.0 Å². The quantitative estimate of drug-likeness (QED) is 0.774. The molecule has 4 heteroatoms. The molecule has 3 nitrogen and oxygen atoms in total. The van der Waals surface area contributed by atoms with Gasteiger partial charge in [0.2, 0.25) is 0 Å². The second kappa shape index (κ2) is 3.92. The summed E-state index contributed by atoms with van der Waals surface area (Å²) < 4.78 is 1.90. The standard InChI is InChI=1S/C10H13N3S/c1-8(2)5-13-6-10(11-12-13)9-3-4-14-7-9/h3-4,6-8H,5H2,1-2H3. The minimum absolute atomic E-state index is 0.604. The van der Waals surface area contributed by atoms with Gasteiger partial charge >= 0.3 is 0 Å². The van der Waals surface area contributed by atoms with Crippen LogP contribution in [0.3, 0.4) is 0 Å². The average Bonchev–Trinajstić information content (AvgIpc) is 2.69. The molecule has 0 amide bonds. The molecule has 0 atom stereocenters. The molecule has 2 aromatic heterocycles. The van der Waals surface area contributed by atoms with E-state index in [-0.39, 0.29) is 0 Å². The van der Waals surface area contributed by atoms with Crippen LogP contribution in [-0.2, 0) is 6.54 Å². The fourth-order valence-electron chi connectivity index (χ4n) is 1.30. The van der Waals surface area contributed by atoms with Gasteiger partial charge in [0.15, 0.2) is 0 Å². The number of aromatic nitrogens is 3. The molecule has 0 aliphatic carbocycles. The molecule has 2 rings (SSSR count). The zero-order valence-electron chi connectivity index (χ0n) is 8.34. The maximum atomic E-state index is 4.13. The Bertz CT molecular complexity index is 389. The van der Waals surface area contributed by atoms with E-state index in [0.29, 0.717) is 5.92 Å². The van der Waals surface area contributed by atoms with Gasteiger partial charge < -0.3 is 0 Å². The lowest BCUT2D eigenvalue weighted by atomic mass is 10.2. The highest BCUT2D eigenvalue weighted by atomic mass is 32.1. The van der Waals surface area contributed by atoms with Crippen LogP contribution in [0.5, 0.6) is 0 Å². The molecule has 0 bridgehead atoms. The summed E-state index contributed by atoms with van der Waals surface area (Å²) in [5.41, 5.74) is 2.12. The van der Waals surface area contributed by atoms with Gasteiger partial charge in [-0.25, -0.2) is 0 Å². The minimum atomic E-state index is 0.604. The van der Waals surface area contributed by atoms with Crippen molar-refractivity contribution in [2.24, 2.45) is 5.92 Å². The van der Waals surface area contributed by atoms with E-state index in [2.05, 4.69) is 41.0 Å². The van der Waals surface area contributed by atoms with Crippen LogP contribution in [0, 0.1) is 5.92 Å². The fourth-order valence-corrected chi connectivity index (χ4v) is 1.95. The molecule has 2 heterocycles. The van der Waals surface area contributed by atoms with Crippen LogP contribution < -0.4 is 0 Å². The molecule has 0 saturated carbocycles. The number of hydrogen-bond donors (Lipinski definition) is 0. The van der Waals surface area contributed by atoms with E-state index in [4.69, 9.17) is 0 Å². The van der Waals surface area contributed by atoms with Gasteiger partial charge in [-0.2, -0.15) is 11.3 Å². The SMILES string of the molecule is CC(C)Cn1cc(-c2ccsc2)nn1. The van der Waals surface area contributed by atoms with Gasteiger partial charge in [0, 0.05) is 17.5 Å². The van der Waals surface area contributed by atoms with Crippen molar-refractivity contribution in [2.45, 2.75) is 20.4 Å². The third-order valence-electron chi connectivity index (χ3n) is 1.91. The molecule has 14 heavy (non-hydrogen) atoms. The molecular formula is C10H13N3S. The van der Waals surface area contributed by atoms with Crippen molar-refractivity contribution in [1.82, 2.24) is 15.0 Å². The largest absolute Gasteiger partial charge is 0.252 e. The minimum Gasteiger partial charge on any atom is -0.252 e. The van der Waals surface area contributed by atoms with E-state index in [1.807, 2.05) is 10.9 Å². The Morgan fingerprint density at radius 3 is 3.00 bits per heavy atom. The maximum Gasteiger partial charge on any atom is 0.113 e.